The summed E-state index contributed by atoms with van der Waals surface area (Å²) in [7, 11) is 3.95. The minimum Gasteiger partial charge on any atom is -0.466 e. The van der Waals surface area contributed by atoms with E-state index in [1.54, 1.807) is 0 Å². The van der Waals surface area contributed by atoms with E-state index in [0.717, 1.165) is 24.1 Å². The molecule has 0 aliphatic carbocycles. The van der Waals surface area contributed by atoms with Crippen molar-refractivity contribution in [3.05, 3.63) is 29.8 Å². The maximum Gasteiger partial charge on any atom is 0.305 e. The van der Waals surface area contributed by atoms with Crippen LogP contribution in [-0.4, -0.2) is 32.5 Å². The Kier molecular flexibility index (Phi) is 7.79. The third kappa shape index (κ3) is 6.43. The van der Waals surface area contributed by atoms with Gasteiger partial charge in [-0.25, -0.2) is 0 Å². The highest BCUT2D eigenvalue weighted by Gasteiger charge is 2.19. The van der Waals surface area contributed by atoms with Crippen LogP contribution in [0.5, 0.6) is 0 Å². The molecule has 4 heteroatoms. The molecule has 0 N–H and O–H groups in total. The van der Waals surface area contributed by atoms with Crippen LogP contribution in [0.4, 0.5) is 5.69 Å². The van der Waals surface area contributed by atoms with Crippen molar-refractivity contribution in [3.8, 4) is 0 Å². The molecule has 23 heavy (non-hydrogen) atoms. The Morgan fingerprint density at radius 2 is 1.74 bits per heavy atom. The molecule has 1 aromatic rings. The number of esters is 1. The fourth-order valence-electron chi connectivity index (χ4n) is 2.63. The van der Waals surface area contributed by atoms with E-state index < -0.39 is 0 Å². The number of hydrogen-bond acceptors (Lipinski definition) is 4. The van der Waals surface area contributed by atoms with Gasteiger partial charge in [-0.1, -0.05) is 13.8 Å². The Morgan fingerprint density at radius 1 is 1.13 bits per heavy atom. The number of carbonyl (C=O) groups is 2. The monoisotopic (exact) mass is 319 g/mol. The molecule has 128 valence electrons. The van der Waals surface area contributed by atoms with Crippen molar-refractivity contribution in [1.82, 2.24) is 0 Å². The molecule has 1 rings (SSSR count). The van der Waals surface area contributed by atoms with Gasteiger partial charge in [0.1, 0.15) is 0 Å². The Labute approximate surface area is 139 Å². The number of ether oxygens (including phenoxy) is 1. The first kappa shape index (κ1) is 19.2. The number of anilines is 1. The number of Topliss-reactive ketones (excluding diaryl/α,β-unsaturated/α-hetero) is 1. The molecular formula is C19H29NO3. The number of carbonyl (C=O) groups excluding carboxylic acids is 2. The highest BCUT2D eigenvalue weighted by molar-refractivity contribution is 5.97. The van der Waals surface area contributed by atoms with Gasteiger partial charge in [0.15, 0.2) is 5.78 Å². The van der Waals surface area contributed by atoms with Crippen molar-refractivity contribution in [2.75, 3.05) is 25.6 Å². The molecule has 0 heterocycles. The summed E-state index contributed by atoms with van der Waals surface area (Å²) in [5.74, 6) is 0.285. The molecule has 1 aromatic carbocycles. The summed E-state index contributed by atoms with van der Waals surface area (Å²) in [5, 5.41) is 0. The molecule has 0 aliphatic rings. The summed E-state index contributed by atoms with van der Waals surface area (Å²) in [5.41, 5.74) is 1.83. The summed E-state index contributed by atoms with van der Waals surface area (Å²) >= 11 is 0. The second-order valence-electron chi connectivity index (χ2n) is 6.39. The molecule has 4 nitrogen and oxygen atoms in total. The standard InChI is InChI=1S/C19H29NO3/c1-6-23-18(21)12-7-14(2)13-15(3)19(22)16-8-10-17(11-9-16)20(4)5/h8-11,14-15H,6-7,12-13H2,1-5H3. The van der Waals surface area contributed by atoms with Gasteiger partial charge < -0.3 is 9.64 Å². The highest BCUT2D eigenvalue weighted by Crippen LogP contribution is 2.22. The second-order valence-corrected chi connectivity index (χ2v) is 6.39. The van der Waals surface area contributed by atoms with Gasteiger partial charge in [-0.15, -0.1) is 0 Å². The van der Waals surface area contributed by atoms with Crippen LogP contribution < -0.4 is 4.90 Å². The van der Waals surface area contributed by atoms with Crippen LogP contribution in [-0.2, 0) is 9.53 Å². The van der Waals surface area contributed by atoms with Gasteiger partial charge in [0.05, 0.1) is 6.61 Å². The molecule has 0 saturated carbocycles. The fourth-order valence-corrected chi connectivity index (χ4v) is 2.63. The summed E-state index contributed by atoms with van der Waals surface area (Å²) in [6.45, 7) is 6.27. The summed E-state index contributed by atoms with van der Waals surface area (Å²) in [6, 6.07) is 7.70. The summed E-state index contributed by atoms with van der Waals surface area (Å²) < 4.78 is 4.93. The quantitative estimate of drug-likeness (QED) is 0.511. The van der Waals surface area contributed by atoms with Gasteiger partial charge in [-0.2, -0.15) is 0 Å². The third-order valence-corrected chi connectivity index (χ3v) is 4.02. The van der Waals surface area contributed by atoms with Crippen LogP contribution in [0.3, 0.4) is 0 Å². The van der Waals surface area contributed by atoms with E-state index in [9.17, 15) is 9.59 Å². The van der Waals surface area contributed by atoms with Crippen LogP contribution in [0, 0.1) is 11.8 Å². The molecule has 0 bridgehead atoms. The van der Waals surface area contributed by atoms with Crippen LogP contribution in [0.25, 0.3) is 0 Å². The first-order chi connectivity index (χ1) is 10.8. The lowest BCUT2D eigenvalue weighted by atomic mass is 9.88. The van der Waals surface area contributed by atoms with Crippen molar-refractivity contribution in [2.45, 2.75) is 40.0 Å². The van der Waals surface area contributed by atoms with Crippen LogP contribution >= 0.6 is 0 Å². The molecule has 0 spiro atoms. The average Bonchev–Trinajstić information content (AvgIpc) is 2.52. The van der Waals surface area contributed by atoms with Crippen molar-refractivity contribution in [1.29, 1.82) is 0 Å². The van der Waals surface area contributed by atoms with Gasteiger partial charge >= 0.3 is 5.97 Å². The van der Waals surface area contributed by atoms with Crippen LogP contribution in [0.1, 0.15) is 50.4 Å². The molecule has 2 unspecified atom stereocenters. The predicted molar refractivity (Wildman–Crippen MR) is 93.9 cm³/mol. The van der Waals surface area contributed by atoms with Gasteiger partial charge in [0.2, 0.25) is 0 Å². The van der Waals surface area contributed by atoms with E-state index in [2.05, 4.69) is 6.92 Å². The number of benzene rings is 1. The predicted octanol–water partition coefficient (Wildman–Crippen LogP) is 3.94. The van der Waals surface area contributed by atoms with E-state index in [0.29, 0.717) is 18.9 Å². The molecule has 0 radical (unpaired) electrons. The molecule has 0 amide bonds. The molecule has 0 aromatic heterocycles. The van der Waals surface area contributed by atoms with E-state index in [1.807, 2.05) is 57.1 Å². The minimum absolute atomic E-state index is 0.0441. The maximum atomic E-state index is 12.5. The Bertz CT molecular complexity index is 508. The van der Waals surface area contributed by atoms with Gasteiger partial charge in [-0.05, 0) is 49.9 Å². The Morgan fingerprint density at radius 3 is 2.26 bits per heavy atom. The Hall–Kier alpha value is -1.84. The van der Waals surface area contributed by atoms with Crippen molar-refractivity contribution in [3.63, 3.8) is 0 Å². The maximum absolute atomic E-state index is 12.5. The smallest absolute Gasteiger partial charge is 0.305 e. The normalized spacial score (nSPS) is 13.3. The largest absolute Gasteiger partial charge is 0.466 e. The summed E-state index contributed by atoms with van der Waals surface area (Å²) in [6.07, 6.45) is 1.97. The molecule has 2 atom stereocenters. The van der Waals surface area contributed by atoms with Crippen LogP contribution in [0.15, 0.2) is 24.3 Å². The molecule has 0 fully saturated rings. The van der Waals surface area contributed by atoms with Gasteiger partial charge in [-0.3, -0.25) is 9.59 Å². The van der Waals surface area contributed by atoms with E-state index >= 15 is 0 Å². The lowest BCUT2D eigenvalue weighted by molar-refractivity contribution is -0.143. The lowest BCUT2D eigenvalue weighted by Crippen LogP contribution is -2.16. The fraction of sp³-hybridized carbons (Fsp3) is 0.579. The SMILES string of the molecule is CCOC(=O)CCC(C)CC(C)C(=O)c1ccc(N(C)C)cc1. The second kappa shape index (κ2) is 9.33. The van der Waals surface area contributed by atoms with Crippen LogP contribution in [0.2, 0.25) is 0 Å². The number of hydrogen-bond donors (Lipinski definition) is 0. The van der Waals surface area contributed by atoms with Gasteiger partial charge in [0, 0.05) is 37.7 Å². The zero-order valence-electron chi connectivity index (χ0n) is 15.0. The first-order valence-electron chi connectivity index (χ1n) is 8.32. The number of ketones is 1. The minimum atomic E-state index is -0.155. The molecule has 0 aliphatic heterocycles. The highest BCUT2D eigenvalue weighted by atomic mass is 16.5. The van der Waals surface area contributed by atoms with Gasteiger partial charge in [0.25, 0.3) is 0 Å². The van der Waals surface area contributed by atoms with E-state index in [4.69, 9.17) is 4.74 Å². The zero-order valence-corrected chi connectivity index (χ0v) is 15.0. The third-order valence-electron chi connectivity index (χ3n) is 4.02. The Balaban J connectivity index is 2.51. The molecular weight excluding hydrogens is 290 g/mol. The zero-order chi connectivity index (χ0) is 17.4. The topological polar surface area (TPSA) is 46.6 Å². The van der Waals surface area contributed by atoms with E-state index in [-0.39, 0.29) is 17.7 Å². The van der Waals surface area contributed by atoms with Crippen molar-refractivity contribution >= 4 is 17.4 Å². The lowest BCUT2D eigenvalue weighted by Gasteiger charge is -2.17. The molecule has 0 saturated heterocycles. The first-order valence-corrected chi connectivity index (χ1v) is 8.32. The van der Waals surface area contributed by atoms with Crippen molar-refractivity contribution < 1.29 is 14.3 Å². The number of rotatable bonds is 9. The van der Waals surface area contributed by atoms with E-state index in [1.165, 1.54) is 0 Å². The van der Waals surface area contributed by atoms with Crippen molar-refractivity contribution in [2.24, 2.45) is 11.8 Å². The average molecular weight is 319 g/mol. The summed E-state index contributed by atoms with van der Waals surface area (Å²) in [4.78, 5) is 25.9. The number of nitrogens with zero attached hydrogens (tertiary/aromatic N) is 1.